The van der Waals surface area contributed by atoms with Crippen molar-refractivity contribution in [3.63, 3.8) is 0 Å². The van der Waals surface area contributed by atoms with Crippen LogP contribution in [-0.2, 0) is 15.9 Å². The minimum absolute atomic E-state index is 0.0128. The van der Waals surface area contributed by atoms with E-state index in [-0.39, 0.29) is 5.91 Å². The number of unbranched alkanes of at least 4 members (excludes halogenated alkanes) is 3. The number of fused-ring (bicyclic) bond motifs is 2. The second-order valence-electron chi connectivity index (χ2n) is 12.3. The lowest BCUT2D eigenvalue weighted by Gasteiger charge is -2.22. The number of aromatic nitrogens is 1. The Labute approximate surface area is 307 Å². The van der Waals surface area contributed by atoms with Crippen LogP contribution in [0.15, 0.2) is 124 Å². The molecule has 260 valence electrons. The normalized spacial score (nSPS) is 16.1. The molecule has 0 unspecified atom stereocenters. The summed E-state index contributed by atoms with van der Waals surface area (Å²) in [6.07, 6.45) is 16.1. The third-order valence-electron chi connectivity index (χ3n) is 8.98. The highest BCUT2D eigenvalue weighted by atomic mass is 32.2. The van der Waals surface area contributed by atoms with Crippen molar-refractivity contribution in [1.29, 1.82) is 0 Å². The summed E-state index contributed by atoms with van der Waals surface area (Å²) in [5.74, 6) is 0.708. The van der Waals surface area contributed by atoms with Gasteiger partial charge in [0.25, 0.3) is 10.9 Å². The lowest BCUT2D eigenvalue weighted by molar-refractivity contribution is -0.669. The van der Waals surface area contributed by atoms with Gasteiger partial charge in [0.15, 0.2) is 6.54 Å². The molecule has 1 aliphatic carbocycles. The molecule has 2 aliphatic rings. The van der Waals surface area contributed by atoms with Crippen LogP contribution >= 0.6 is 35.1 Å². The van der Waals surface area contributed by atoms with Gasteiger partial charge in [-0.15, -0.1) is 4.33 Å². The number of thioether (sulfide) groups is 1. The van der Waals surface area contributed by atoms with E-state index in [0.29, 0.717) is 5.56 Å². The van der Waals surface area contributed by atoms with Gasteiger partial charge in [-0.2, -0.15) is 4.57 Å². The number of benzene rings is 3. The van der Waals surface area contributed by atoms with Crippen molar-refractivity contribution in [3.8, 4) is 0 Å². The number of carbonyl (C=O) groups is 1. The Morgan fingerprint density at radius 1 is 0.960 bits per heavy atom. The number of anilines is 1. The summed E-state index contributed by atoms with van der Waals surface area (Å²) >= 11 is 4.70. The molecule has 0 spiro atoms. The molecule has 50 heavy (non-hydrogen) atoms. The van der Waals surface area contributed by atoms with Crippen LogP contribution in [0.5, 0.6) is 0 Å². The average Bonchev–Trinajstić information content (AvgIpc) is 3.84. The van der Waals surface area contributed by atoms with E-state index in [2.05, 4.69) is 98.6 Å². The topological polar surface area (TPSA) is 66.1 Å². The van der Waals surface area contributed by atoms with E-state index in [1.807, 2.05) is 53.6 Å². The summed E-state index contributed by atoms with van der Waals surface area (Å²) in [7, 11) is 1.91. The zero-order chi connectivity index (χ0) is 34.7. The minimum atomic E-state index is -0.0128. The van der Waals surface area contributed by atoms with Crippen molar-refractivity contribution in [1.82, 2.24) is 4.90 Å². The maximum Gasteiger partial charge on any atom is 0.262 e. The van der Waals surface area contributed by atoms with E-state index in [9.17, 15) is 4.79 Å². The average molecular weight is 727 g/mol. The molecule has 4 aromatic rings. The van der Waals surface area contributed by atoms with Gasteiger partial charge in [0.1, 0.15) is 4.70 Å². The van der Waals surface area contributed by atoms with Gasteiger partial charge in [-0.05, 0) is 85.7 Å². The number of allylic oxidation sites excluding steroid dienone is 5. The van der Waals surface area contributed by atoms with Crippen molar-refractivity contribution in [3.05, 3.63) is 130 Å². The van der Waals surface area contributed by atoms with Crippen LogP contribution in [0.1, 0.15) is 67.2 Å². The summed E-state index contributed by atoms with van der Waals surface area (Å²) in [4.78, 5) is 19.3. The van der Waals surface area contributed by atoms with Crippen molar-refractivity contribution >= 4 is 63.0 Å². The standard InChI is InChI=1S/C40H43N3O4S3/c1-3-4-12-27-42-33-17-8-10-19-35(33)49-37(42)25-23-30-21-22-31(39(30)41(2)40(44)32-15-6-5-7-16-32)24-26-38-43(28-13-14-29-48-47-46-45)34-18-9-11-20-36(34)50-38/h5-11,15-20,23-26H,3-4,12-14,21-22,27-29H2,1-2H3/p+1. The van der Waals surface area contributed by atoms with Gasteiger partial charge in [-0.25, -0.2) is 5.26 Å². The first-order valence-corrected chi connectivity index (χ1v) is 19.8. The Morgan fingerprint density at radius 3 is 2.60 bits per heavy atom. The van der Waals surface area contributed by atoms with Gasteiger partial charge < -0.3 is 9.80 Å². The van der Waals surface area contributed by atoms with E-state index in [4.69, 9.17) is 5.26 Å². The first-order chi connectivity index (χ1) is 24.6. The molecule has 0 fully saturated rings. The maximum atomic E-state index is 13.9. The zero-order valence-corrected chi connectivity index (χ0v) is 31.1. The molecule has 3 aromatic carbocycles. The third kappa shape index (κ3) is 8.62. The summed E-state index contributed by atoms with van der Waals surface area (Å²) in [6.45, 7) is 4.10. The number of likely N-dealkylation sites (N-methyl/N-ethyl adjacent to an activating group) is 1. The number of para-hydroxylation sites is 2. The van der Waals surface area contributed by atoms with Crippen molar-refractivity contribution in [2.24, 2.45) is 0 Å². The SMILES string of the molecule is CCCCC[n+]1c(/C=C/C2=C(N(C)C(=O)c3ccccc3)C(=C/C=C3\Sc4ccccc4N3CCCCSOOO)/CC2)sc2ccccc21. The molecule has 0 radical (unpaired) electrons. The maximum absolute atomic E-state index is 13.9. The van der Waals surface area contributed by atoms with Crippen LogP contribution in [0.3, 0.4) is 0 Å². The van der Waals surface area contributed by atoms with Crippen LogP contribution < -0.4 is 9.47 Å². The van der Waals surface area contributed by atoms with Gasteiger partial charge in [-0.1, -0.05) is 90.0 Å². The summed E-state index contributed by atoms with van der Waals surface area (Å²) in [6, 6.07) is 26.7. The van der Waals surface area contributed by atoms with Crippen LogP contribution in [0.25, 0.3) is 16.3 Å². The number of aryl methyl sites for hydroxylation is 1. The number of hydrogen-bond donors (Lipinski definition) is 1. The summed E-state index contributed by atoms with van der Waals surface area (Å²) in [5, 5.41) is 14.5. The molecule has 0 atom stereocenters. The Balaban J connectivity index is 1.32. The van der Waals surface area contributed by atoms with Crippen LogP contribution in [0.2, 0.25) is 0 Å². The molecule has 6 rings (SSSR count). The van der Waals surface area contributed by atoms with E-state index >= 15 is 0 Å². The molecule has 1 amide bonds. The molecule has 0 saturated carbocycles. The summed E-state index contributed by atoms with van der Waals surface area (Å²) in [5.41, 5.74) is 6.48. The first kappa shape index (κ1) is 36.2. The molecular formula is C40H44N3O4S3+. The molecular weight excluding hydrogens is 683 g/mol. The first-order valence-electron chi connectivity index (χ1n) is 17.3. The second-order valence-corrected chi connectivity index (χ2v) is 15.2. The van der Waals surface area contributed by atoms with E-state index < -0.39 is 0 Å². The van der Waals surface area contributed by atoms with E-state index in [1.165, 1.54) is 49.3 Å². The second kappa shape index (κ2) is 18.0. The smallest absolute Gasteiger partial charge is 0.262 e. The number of rotatable bonds is 16. The van der Waals surface area contributed by atoms with Gasteiger partial charge >= 0.3 is 0 Å². The number of hydrogen-bond acceptors (Lipinski definition) is 8. The Morgan fingerprint density at radius 2 is 1.76 bits per heavy atom. The molecule has 7 nitrogen and oxygen atoms in total. The molecule has 10 heteroatoms. The quantitative estimate of drug-likeness (QED) is 0.0405. The molecule has 2 heterocycles. The predicted molar refractivity (Wildman–Crippen MR) is 208 cm³/mol. The number of nitrogens with zero attached hydrogens (tertiary/aromatic N) is 3. The van der Waals surface area contributed by atoms with Crippen molar-refractivity contribution < 1.29 is 24.0 Å². The highest BCUT2D eigenvalue weighted by Crippen LogP contribution is 2.46. The van der Waals surface area contributed by atoms with Gasteiger partial charge in [0, 0.05) is 60.4 Å². The zero-order valence-electron chi connectivity index (χ0n) is 28.6. The molecule has 1 aromatic heterocycles. The monoisotopic (exact) mass is 726 g/mol. The number of amides is 1. The Bertz CT molecular complexity index is 1900. The lowest BCUT2D eigenvalue weighted by atomic mass is 10.1. The lowest BCUT2D eigenvalue weighted by Crippen LogP contribution is -2.35. The van der Waals surface area contributed by atoms with Crippen molar-refractivity contribution in [2.45, 2.75) is 63.3 Å². The van der Waals surface area contributed by atoms with E-state index in [1.54, 1.807) is 11.8 Å². The van der Waals surface area contributed by atoms with Crippen LogP contribution in [0, 0.1) is 0 Å². The van der Waals surface area contributed by atoms with Gasteiger partial charge in [0.05, 0.1) is 16.4 Å². The minimum Gasteiger partial charge on any atom is -0.335 e. The largest absolute Gasteiger partial charge is 0.335 e. The summed E-state index contributed by atoms with van der Waals surface area (Å²) < 4.78 is 8.29. The number of thiazole rings is 1. The highest BCUT2D eigenvalue weighted by molar-refractivity contribution is 8.03. The molecule has 0 saturated heterocycles. The fraction of sp³-hybridized carbons (Fsp3) is 0.300. The Hall–Kier alpha value is -3.64. The molecule has 1 aliphatic heterocycles. The van der Waals surface area contributed by atoms with E-state index in [0.717, 1.165) is 74.3 Å². The Kier molecular flexibility index (Phi) is 13.0. The van der Waals surface area contributed by atoms with Crippen LogP contribution in [-0.4, -0.2) is 35.4 Å². The van der Waals surface area contributed by atoms with Crippen LogP contribution in [0.4, 0.5) is 5.69 Å². The van der Waals surface area contributed by atoms with Gasteiger partial charge in [0.2, 0.25) is 5.52 Å². The number of carbonyl (C=O) groups excluding carboxylic acids is 1. The predicted octanol–water partition coefficient (Wildman–Crippen LogP) is 10.4. The third-order valence-corrected chi connectivity index (χ3v) is 11.9. The fourth-order valence-electron chi connectivity index (χ4n) is 6.51. The molecule has 1 N–H and O–H groups in total. The van der Waals surface area contributed by atoms with Crippen molar-refractivity contribution in [2.75, 3.05) is 24.2 Å². The van der Waals surface area contributed by atoms with Gasteiger partial charge in [-0.3, -0.25) is 4.79 Å². The molecule has 0 bridgehead atoms. The highest BCUT2D eigenvalue weighted by Gasteiger charge is 2.28. The fourth-order valence-corrected chi connectivity index (χ4v) is 9.12.